The van der Waals surface area contributed by atoms with Crippen LogP contribution in [0.5, 0.6) is 5.75 Å². The van der Waals surface area contributed by atoms with E-state index in [0.29, 0.717) is 27.2 Å². The number of anilines is 1. The lowest BCUT2D eigenvalue weighted by Gasteiger charge is -2.36. The molecule has 2 aromatic carbocycles. The number of hydrogen-bond acceptors (Lipinski definition) is 5. The van der Waals surface area contributed by atoms with E-state index in [1.807, 2.05) is 12.1 Å². The topological polar surface area (TPSA) is 53.5 Å². The molecule has 8 heteroatoms. The first kappa shape index (κ1) is 19.9. The average Bonchev–Trinajstić information content (AvgIpc) is 2.75. The lowest BCUT2D eigenvalue weighted by molar-refractivity contribution is 0.246. The second-order valence-electron chi connectivity index (χ2n) is 7.10. The second-order valence-corrected chi connectivity index (χ2v) is 7.93. The number of aromatic amines is 1. The van der Waals surface area contributed by atoms with Gasteiger partial charge in [0.15, 0.2) is 4.77 Å². The smallest absolute Gasteiger partial charge is 0.262 e. The third-order valence-corrected chi connectivity index (χ3v) is 5.95. The summed E-state index contributed by atoms with van der Waals surface area (Å²) < 4.78 is 7.30. The van der Waals surface area contributed by atoms with Crippen LogP contribution in [-0.4, -0.2) is 54.3 Å². The van der Waals surface area contributed by atoms with Crippen LogP contribution in [0.4, 0.5) is 5.69 Å². The van der Waals surface area contributed by atoms with Crippen molar-refractivity contribution in [2.75, 3.05) is 44.7 Å². The summed E-state index contributed by atoms with van der Waals surface area (Å²) in [7, 11) is 1.68. The molecular weight excluding hydrogens is 408 g/mol. The molecule has 1 N–H and O–H groups in total. The van der Waals surface area contributed by atoms with Gasteiger partial charge in [0, 0.05) is 50.0 Å². The highest BCUT2D eigenvalue weighted by molar-refractivity contribution is 7.71. The Kier molecular flexibility index (Phi) is 5.89. The summed E-state index contributed by atoms with van der Waals surface area (Å²) in [6.45, 7) is 5.11. The SMILES string of the molecule is COc1ccc(N2CCN(CCn3c(=S)[nH]c4ccc(Cl)cc4c3=O)CC2)cc1. The molecule has 6 nitrogen and oxygen atoms in total. The number of piperazine rings is 1. The van der Waals surface area contributed by atoms with Crippen molar-refractivity contribution in [3.63, 3.8) is 0 Å². The zero-order chi connectivity index (χ0) is 20.4. The Morgan fingerprint density at radius 2 is 1.79 bits per heavy atom. The van der Waals surface area contributed by atoms with Crippen LogP contribution in [0.15, 0.2) is 47.3 Å². The number of nitrogens with zero attached hydrogens (tertiary/aromatic N) is 3. The van der Waals surface area contributed by atoms with Crippen LogP contribution in [0.3, 0.4) is 0 Å². The monoisotopic (exact) mass is 430 g/mol. The van der Waals surface area contributed by atoms with Gasteiger partial charge in [0.05, 0.1) is 18.0 Å². The van der Waals surface area contributed by atoms with E-state index in [4.69, 9.17) is 28.6 Å². The van der Waals surface area contributed by atoms with Crippen LogP contribution in [0, 0.1) is 4.77 Å². The molecule has 1 aromatic heterocycles. The summed E-state index contributed by atoms with van der Waals surface area (Å²) in [5.41, 5.74) is 1.83. The number of H-pyrrole nitrogens is 1. The molecule has 152 valence electrons. The van der Waals surface area contributed by atoms with Crippen LogP contribution in [0.25, 0.3) is 10.9 Å². The summed E-state index contributed by atoms with van der Waals surface area (Å²) in [5, 5.41) is 1.11. The number of ether oxygens (including phenoxy) is 1. The number of benzene rings is 2. The zero-order valence-electron chi connectivity index (χ0n) is 16.2. The molecular formula is C21H23ClN4O2S. The minimum atomic E-state index is -0.0943. The maximum atomic E-state index is 12.8. The van der Waals surface area contributed by atoms with Gasteiger partial charge in [0.1, 0.15) is 5.75 Å². The van der Waals surface area contributed by atoms with Crippen molar-refractivity contribution >= 4 is 40.4 Å². The molecule has 0 aliphatic carbocycles. The highest BCUT2D eigenvalue weighted by atomic mass is 35.5. The average molecular weight is 431 g/mol. The molecule has 1 aliphatic heterocycles. The number of rotatable bonds is 5. The Labute approximate surface area is 179 Å². The van der Waals surface area contributed by atoms with Gasteiger partial charge >= 0.3 is 0 Å². The van der Waals surface area contributed by atoms with Gasteiger partial charge < -0.3 is 14.6 Å². The molecule has 0 atom stereocenters. The summed E-state index contributed by atoms with van der Waals surface area (Å²) in [4.78, 5) is 20.7. The molecule has 1 fully saturated rings. The van der Waals surface area contributed by atoms with Crippen LogP contribution >= 0.6 is 23.8 Å². The molecule has 0 spiro atoms. The number of aromatic nitrogens is 2. The standard InChI is InChI=1S/C21H23ClN4O2S/c1-28-17-5-3-16(4-6-17)25-11-8-24(9-12-25)10-13-26-20(27)18-14-15(22)2-7-19(18)23-21(26)29/h2-7,14H,8-13H2,1H3,(H,23,29). The predicted molar refractivity (Wildman–Crippen MR) is 120 cm³/mol. The summed E-state index contributed by atoms with van der Waals surface area (Å²) in [5.74, 6) is 0.867. The molecule has 1 saturated heterocycles. The van der Waals surface area contributed by atoms with E-state index in [1.165, 1.54) is 5.69 Å². The van der Waals surface area contributed by atoms with Gasteiger partial charge in [-0.15, -0.1) is 0 Å². The van der Waals surface area contributed by atoms with Crippen molar-refractivity contribution in [2.45, 2.75) is 6.54 Å². The summed E-state index contributed by atoms with van der Waals surface area (Å²) >= 11 is 11.5. The first-order valence-electron chi connectivity index (χ1n) is 9.59. The van der Waals surface area contributed by atoms with Crippen molar-refractivity contribution in [2.24, 2.45) is 0 Å². The fourth-order valence-electron chi connectivity index (χ4n) is 3.69. The van der Waals surface area contributed by atoms with E-state index in [1.54, 1.807) is 29.9 Å². The maximum Gasteiger partial charge on any atom is 0.262 e. The van der Waals surface area contributed by atoms with Crippen molar-refractivity contribution < 1.29 is 4.74 Å². The highest BCUT2D eigenvalue weighted by Crippen LogP contribution is 2.20. The Bertz CT molecular complexity index is 1120. The molecule has 0 amide bonds. The van der Waals surface area contributed by atoms with E-state index < -0.39 is 0 Å². The maximum absolute atomic E-state index is 12.8. The largest absolute Gasteiger partial charge is 0.497 e. The number of halogens is 1. The first-order chi connectivity index (χ1) is 14.0. The van der Waals surface area contributed by atoms with E-state index in [9.17, 15) is 4.79 Å². The lowest BCUT2D eigenvalue weighted by Crippen LogP contribution is -2.47. The Hall–Kier alpha value is -2.35. The van der Waals surface area contributed by atoms with E-state index in [-0.39, 0.29) is 5.56 Å². The normalized spacial score (nSPS) is 15.0. The first-order valence-corrected chi connectivity index (χ1v) is 10.4. The number of nitrogens with one attached hydrogen (secondary N) is 1. The van der Waals surface area contributed by atoms with Gasteiger partial charge in [-0.25, -0.2) is 0 Å². The molecule has 0 bridgehead atoms. The Morgan fingerprint density at radius 3 is 2.48 bits per heavy atom. The third-order valence-electron chi connectivity index (χ3n) is 5.39. The molecule has 0 saturated carbocycles. The van der Waals surface area contributed by atoms with Crippen molar-refractivity contribution in [1.29, 1.82) is 0 Å². The molecule has 29 heavy (non-hydrogen) atoms. The van der Waals surface area contributed by atoms with Gasteiger partial charge in [0.25, 0.3) is 5.56 Å². The quantitative estimate of drug-likeness (QED) is 0.627. The summed E-state index contributed by atoms with van der Waals surface area (Å²) in [6.07, 6.45) is 0. The van der Waals surface area contributed by atoms with E-state index in [0.717, 1.165) is 38.5 Å². The molecule has 0 radical (unpaired) electrons. The minimum Gasteiger partial charge on any atom is -0.497 e. The van der Waals surface area contributed by atoms with E-state index in [2.05, 4.69) is 26.9 Å². The number of methoxy groups -OCH3 is 1. The van der Waals surface area contributed by atoms with Gasteiger partial charge in [0.2, 0.25) is 0 Å². The van der Waals surface area contributed by atoms with Crippen LogP contribution < -0.4 is 15.2 Å². The Balaban J connectivity index is 1.40. The van der Waals surface area contributed by atoms with Crippen LogP contribution in [0.1, 0.15) is 0 Å². The van der Waals surface area contributed by atoms with Crippen LogP contribution in [-0.2, 0) is 6.54 Å². The predicted octanol–water partition coefficient (Wildman–Crippen LogP) is 3.54. The van der Waals surface area contributed by atoms with Gasteiger partial charge in [-0.05, 0) is 54.7 Å². The second kappa shape index (κ2) is 8.57. The fraction of sp³-hybridized carbons (Fsp3) is 0.333. The molecule has 2 heterocycles. The highest BCUT2D eigenvalue weighted by Gasteiger charge is 2.17. The summed E-state index contributed by atoms with van der Waals surface area (Å²) in [6, 6.07) is 13.4. The lowest BCUT2D eigenvalue weighted by atomic mass is 10.2. The minimum absolute atomic E-state index is 0.0943. The van der Waals surface area contributed by atoms with Crippen molar-refractivity contribution in [3.8, 4) is 5.75 Å². The molecule has 1 aliphatic rings. The van der Waals surface area contributed by atoms with Gasteiger partial charge in [-0.3, -0.25) is 14.3 Å². The third kappa shape index (κ3) is 4.32. The number of hydrogen-bond donors (Lipinski definition) is 1. The van der Waals surface area contributed by atoms with Crippen LogP contribution in [0.2, 0.25) is 5.02 Å². The van der Waals surface area contributed by atoms with Gasteiger partial charge in [-0.2, -0.15) is 0 Å². The molecule has 3 aromatic rings. The zero-order valence-corrected chi connectivity index (χ0v) is 17.8. The van der Waals surface area contributed by atoms with E-state index >= 15 is 0 Å². The molecule has 0 unspecified atom stereocenters. The Morgan fingerprint density at radius 1 is 1.07 bits per heavy atom. The van der Waals surface area contributed by atoms with Crippen molar-refractivity contribution in [3.05, 3.63) is 62.6 Å². The number of fused-ring (bicyclic) bond motifs is 1. The van der Waals surface area contributed by atoms with Gasteiger partial charge in [-0.1, -0.05) is 11.6 Å². The fourth-order valence-corrected chi connectivity index (χ4v) is 4.15. The molecule has 4 rings (SSSR count). The van der Waals surface area contributed by atoms with Crippen molar-refractivity contribution in [1.82, 2.24) is 14.5 Å².